The molecule has 0 saturated heterocycles. The molecule has 0 aliphatic rings. The second-order valence-electron chi connectivity index (χ2n) is 4.17. The smallest absolute Gasteiger partial charge is 0.212 e. The Morgan fingerprint density at radius 2 is 1.71 bits per heavy atom. The van der Waals surface area contributed by atoms with Crippen molar-refractivity contribution < 1.29 is 8.42 Å². The molecule has 1 unspecified atom stereocenters. The highest BCUT2D eigenvalue weighted by molar-refractivity contribution is 7.90. The average Bonchev–Trinajstić information content (AvgIpc) is 2.28. The molecule has 0 bridgehead atoms. The third-order valence-electron chi connectivity index (χ3n) is 2.50. The van der Waals surface area contributed by atoms with Gasteiger partial charge in [-0.1, -0.05) is 12.1 Å². The number of nitrogens with one attached hydrogen (secondary N) is 1. The summed E-state index contributed by atoms with van der Waals surface area (Å²) in [4.78, 5) is 0. The van der Waals surface area contributed by atoms with E-state index in [-0.39, 0.29) is 6.04 Å². The van der Waals surface area contributed by atoms with Gasteiger partial charge in [-0.3, -0.25) is 0 Å². The summed E-state index contributed by atoms with van der Waals surface area (Å²) in [5.41, 5.74) is 1.40. The van der Waals surface area contributed by atoms with Gasteiger partial charge in [-0.2, -0.15) is 5.26 Å². The SMILES string of the molecule is CC(NS(=O)(=O)C(C)C)c1ccc(C#N)cc1. The first-order valence-electron chi connectivity index (χ1n) is 5.38. The molecular weight excluding hydrogens is 236 g/mol. The molecule has 0 saturated carbocycles. The van der Waals surface area contributed by atoms with Crippen LogP contribution < -0.4 is 4.72 Å². The zero-order valence-electron chi connectivity index (χ0n) is 10.1. The fourth-order valence-electron chi connectivity index (χ4n) is 1.30. The molecular formula is C12H16N2O2S. The summed E-state index contributed by atoms with van der Waals surface area (Å²) in [6.07, 6.45) is 0. The summed E-state index contributed by atoms with van der Waals surface area (Å²) >= 11 is 0. The van der Waals surface area contributed by atoms with Gasteiger partial charge in [-0.25, -0.2) is 13.1 Å². The summed E-state index contributed by atoms with van der Waals surface area (Å²) in [6.45, 7) is 5.04. The molecule has 0 aliphatic carbocycles. The average molecular weight is 252 g/mol. The zero-order valence-corrected chi connectivity index (χ0v) is 11.0. The van der Waals surface area contributed by atoms with Crippen molar-refractivity contribution in [2.45, 2.75) is 32.1 Å². The third kappa shape index (κ3) is 3.55. The van der Waals surface area contributed by atoms with Crippen molar-refractivity contribution in [2.24, 2.45) is 0 Å². The Morgan fingerprint density at radius 3 is 2.12 bits per heavy atom. The monoisotopic (exact) mass is 252 g/mol. The molecule has 0 fully saturated rings. The predicted octanol–water partition coefficient (Wildman–Crippen LogP) is 1.95. The minimum Gasteiger partial charge on any atom is -0.212 e. The molecule has 0 radical (unpaired) electrons. The van der Waals surface area contributed by atoms with Crippen molar-refractivity contribution >= 4 is 10.0 Å². The van der Waals surface area contributed by atoms with Crippen molar-refractivity contribution in [1.29, 1.82) is 5.26 Å². The van der Waals surface area contributed by atoms with Gasteiger partial charge in [-0.15, -0.1) is 0 Å². The van der Waals surface area contributed by atoms with Gasteiger partial charge in [-0.05, 0) is 38.5 Å². The Morgan fingerprint density at radius 1 is 1.18 bits per heavy atom. The molecule has 1 aromatic rings. The first kappa shape index (κ1) is 13.7. The predicted molar refractivity (Wildman–Crippen MR) is 66.8 cm³/mol. The standard InChI is InChI=1S/C12H16N2O2S/c1-9(2)17(15,16)14-10(3)12-6-4-11(8-13)5-7-12/h4-7,9-10,14H,1-3H3. The maximum absolute atomic E-state index is 11.7. The Balaban J connectivity index is 2.84. The first-order valence-corrected chi connectivity index (χ1v) is 6.92. The van der Waals surface area contributed by atoms with Crippen molar-refractivity contribution in [3.63, 3.8) is 0 Å². The van der Waals surface area contributed by atoms with Gasteiger partial charge in [0.1, 0.15) is 0 Å². The highest BCUT2D eigenvalue weighted by atomic mass is 32.2. The van der Waals surface area contributed by atoms with E-state index in [0.717, 1.165) is 5.56 Å². The second-order valence-corrected chi connectivity index (χ2v) is 6.44. The lowest BCUT2D eigenvalue weighted by atomic mass is 10.1. The molecule has 4 nitrogen and oxygen atoms in total. The van der Waals surface area contributed by atoms with E-state index in [1.54, 1.807) is 45.0 Å². The topological polar surface area (TPSA) is 70.0 Å². The molecule has 1 rings (SSSR count). The maximum Gasteiger partial charge on any atom is 0.214 e. The fraction of sp³-hybridized carbons (Fsp3) is 0.417. The second kappa shape index (κ2) is 5.30. The van der Waals surface area contributed by atoms with Gasteiger partial charge >= 0.3 is 0 Å². The number of benzene rings is 1. The van der Waals surface area contributed by atoms with Crippen LogP contribution in [0.15, 0.2) is 24.3 Å². The number of nitrogens with zero attached hydrogens (tertiary/aromatic N) is 1. The summed E-state index contributed by atoms with van der Waals surface area (Å²) in [6, 6.07) is 8.59. The van der Waals surface area contributed by atoms with Crippen LogP contribution in [0.3, 0.4) is 0 Å². The van der Waals surface area contributed by atoms with E-state index in [1.165, 1.54) is 0 Å². The van der Waals surface area contributed by atoms with E-state index >= 15 is 0 Å². The lowest BCUT2D eigenvalue weighted by molar-refractivity contribution is 0.558. The Bertz CT molecular complexity index is 512. The molecule has 0 aliphatic heterocycles. The summed E-state index contributed by atoms with van der Waals surface area (Å²) in [7, 11) is -3.28. The van der Waals surface area contributed by atoms with Crippen molar-refractivity contribution in [3.05, 3.63) is 35.4 Å². The lowest BCUT2D eigenvalue weighted by Crippen LogP contribution is -2.32. The molecule has 0 spiro atoms. The van der Waals surface area contributed by atoms with Crippen LogP contribution in [-0.2, 0) is 10.0 Å². The summed E-state index contributed by atoms with van der Waals surface area (Å²) < 4.78 is 25.9. The number of sulfonamides is 1. The molecule has 17 heavy (non-hydrogen) atoms. The number of hydrogen-bond acceptors (Lipinski definition) is 3. The van der Waals surface area contributed by atoms with Crippen LogP contribution >= 0.6 is 0 Å². The highest BCUT2D eigenvalue weighted by Gasteiger charge is 2.19. The lowest BCUT2D eigenvalue weighted by Gasteiger charge is -2.16. The van der Waals surface area contributed by atoms with Crippen LogP contribution in [0, 0.1) is 11.3 Å². The minimum atomic E-state index is -3.28. The molecule has 0 amide bonds. The Kier molecular flexibility index (Phi) is 4.27. The molecule has 0 heterocycles. The van der Waals surface area contributed by atoms with E-state index in [2.05, 4.69) is 4.72 Å². The van der Waals surface area contributed by atoms with Gasteiger partial charge in [0, 0.05) is 6.04 Å². The quantitative estimate of drug-likeness (QED) is 0.890. The van der Waals surface area contributed by atoms with E-state index in [1.807, 2.05) is 6.07 Å². The normalized spacial score (nSPS) is 13.4. The minimum absolute atomic E-state index is 0.296. The third-order valence-corrected chi connectivity index (χ3v) is 4.42. The number of rotatable bonds is 4. The first-order chi connectivity index (χ1) is 7.86. The molecule has 92 valence electrons. The van der Waals surface area contributed by atoms with Crippen LogP contribution in [-0.4, -0.2) is 13.7 Å². The van der Waals surface area contributed by atoms with Crippen LogP contribution in [0.25, 0.3) is 0 Å². The van der Waals surface area contributed by atoms with Crippen LogP contribution in [0.5, 0.6) is 0 Å². The van der Waals surface area contributed by atoms with E-state index in [4.69, 9.17) is 5.26 Å². The van der Waals surface area contributed by atoms with Gasteiger partial charge in [0.25, 0.3) is 0 Å². The van der Waals surface area contributed by atoms with Crippen molar-refractivity contribution in [3.8, 4) is 6.07 Å². The van der Waals surface area contributed by atoms with E-state index in [0.29, 0.717) is 5.56 Å². The van der Waals surface area contributed by atoms with E-state index < -0.39 is 15.3 Å². The van der Waals surface area contributed by atoms with Crippen LogP contribution in [0.4, 0.5) is 0 Å². The van der Waals surface area contributed by atoms with Gasteiger partial charge in [0.2, 0.25) is 10.0 Å². The Hall–Kier alpha value is -1.38. The largest absolute Gasteiger partial charge is 0.214 e. The number of hydrogen-bond donors (Lipinski definition) is 1. The van der Waals surface area contributed by atoms with Gasteiger partial charge < -0.3 is 0 Å². The summed E-state index contributed by atoms with van der Waals surface area (Å²) in [5.74, 6) is 0. The fourth-order valence-corrected chi connectivity index (χ4v) is 2.20. The van der Waals surface area contributed by atoms with Crippen molar-refractivity contribution in [1.82, 2.24) is 4.72 Å². The maximum atomic E-state index is 11.7. The molecule has 0 aromatic heterocycles. The summed E-state index contributed by atoms with van der Waals surface area (Å²) in [5, 5.41) is 8.21. The molecule has 5 heteroatoms. The Labute approximate surface area is 102 Å². The van der Waals surface area contributed by atoms with Gasteiger partial charge in [0.15, 0.2) is 0 Å². The molecule has 1 aromatic carbocycles. The zero-order chi connectivity index (χ0) is 13.1. The van der Waals surface area contributed by atoms with Gasteiger partial charge in [0.05, 0.1) is 16.9 Å². The highest BCUT2D eigenvalue weighted by Crippen LogP contribution is 2.15. The molecule has 1 N–H and O–H groups in total. The number of nitriles is 1. The van der Waals surface area contributed by atoms with E-state index in [9.17, 15) is 8.42 Å². The van der Waals surface area contributed by atoms with Crippen LogP contribution in [0.1, 0.15) is 37.9 Å². The van der Waals surface area contributed by atoms with Crippen molar-refractivity contribution in [2.75, 3.05) is 0 Å². The van der Waals surface area contributed by atoms with Crippen LogP contribution in [0.2, 0.25) is 0 Å². The molecule has 1 atom stereocenters.